The van der Waals surface area contributed by atoms with Crippen molar-refractivity contribution < 1.29 is 18.3 Å². The van der Waals surface area contributed by atoms with E-state index >= 15 is 0 Å². The third-order valence-corrected chi connectivity index (χ3v) is 2.84. The lowest BCUT2D eigenvalue weighted by atomic mass is 9.94. The van der Waals surface area contributed by atoms with Crippen LogP contribution in [0.15, 0.2) is 18.2 Å². The molecular formula is C12H13F2NO2. The standard InChI is InChI=1S/C12H13F2NO2/c13-8-1-7(2-9(14)4-8)3-12(16)10-5-17-6-11(10)15/h1-2,4,10-11H,3,5-6,15H2. The van der Waals surface area contributed by atoms with Crippen LogP contribution in [0.1, 0.15) is 5.56 Å². The van der Waals surface area contributed by atoms with Gasteiger partial charge in [0.05, 0.1) is 19.1 Å². The van der Waals surface area contributed by atoms with E-state index < -0.39 is 11.6 Å². The fourth-order valence-electron chi connectivity index (χ4n) is 1.95. The van der Waals surface area contributed by atoms with E-state index in [4.69, 9.17) is 10.5 Å². The van der Waals surface area contributed by atoms with E-state index in [1.807, 2.05) is 0 Å². The Labute approximate surface area is 97.6 Å². The minimum absolute atomic E-state index is 0.0175. The maximum Gasteiger partial charge on any atom is 0.144 e. The molecule has 2 atom stereocenters. The lowest BCUT2D eigenvalue weighted by molar-refractivity contribution is -0.122. The lowest BCUT2D eigenvalue weighted by Crippen LogP contribution is -2.34. The molecule has 0 radical (unpaired) electrons. The third-order valence-electron chi connectivity index (χ3n) is 2.84. The van der Waals surface area contributed by atoms with Crippen LogP contribution < -0.4 is 5.73 Å². The van der Waals surface area contributed by atoms with Crippen LogP contribution in [-0.4, -0.2) is 25.0 Å². The molecule has 2 unspecified atom stereocenters. The number of halogens is 2. The third kappa shape index (κ3) is 2.87. The van der Waals surface area contributed by atoms with E-state index in [1.165, 1.54) is 0 Å². The molecule has 0 spiro atoms. The first-order valence-electron chi connectivity index (χ1n) is 5.37. The van der Waals surface area contributed by atoms with Crippen LogP contribution in [-0.2, 0) is 16.0 Å². The molecule has 1 saturated heterocycles. The topological polar surface area (TPSA) is 52.3 Å². The number of nitrogens with two attached hydrogens (primary N) is 1. The second-order valence-corrected chi connectivity index (χ2v) is 4.23. The molecule has 1 aromatic carbocycles. The summed E-state index contributed by atoms with van der Waals surface area (Å²) in [6.07, 6.45) is -0.0175. The minimum Gasteiger partial charge on any atom is -0.379 e. The molecular weight excluding hydrogens is 228 g/mol. The van der Waals surface area contributed by atoms with Crippen molar-refractivity contribution in [1.29, 1.82) is 0 Å². The molecule has 92 valence electrons. The first kappa shape index (κ1) is 12.1. The Morgan fingerprint density at radius 3 is 2.47 bits per heavy atom. The van der Waals surface area contributed by atoms with E-state index in [-0.39, 0.29) is 30.8 Å². The van der Waals surface area contributed by atoms with Crippen molar-refractivity contribution in [2.75, 3.05) is 13.2 Å². The van der Waals surface area contributed by atoms with Crippen molar-refractivity contribution >= 4 is 5.78 Å². The Balaban J connectivity index is 2.07. The predicted octanol–water partition coefficient (Wildman–Crippen LogP) is 1.05. The SMILES string of the molecule is NC1COCC1C(=O)Cc1cc(F)cc(F)c1. The van der Waals surface area contributed by atoms with E-state index in [0.29, 0.717) is 12.2 Å². The number of benzene rings is 1. The average molecular weight is 241 g/mol. The number of rotatable bonds is 3. The quantitative estimate of drug-likeness (QED) is 0.860. The van der Waals surface area contributed by atoms with Gasteiger partial charge < -0.3 is 10.5 Å². The van der Waals surface area contributed by atoms with Gasteiger partial charge in [0.15, 0.2) is 0 Å². The van der Waals surface area contributed by atoms with Gasteiger partial charge in [-0.1, -0.05) is 0 Å². The van der Waals surface area contributed by atoms with Gasteiger partial charge >= 0.3 is 0 Å². The summed E-state index contributed by atoms with van der Waals surface area (Å²) in [4.78, 5) is 11.8. The molecule has 5 heteroatoms. The Bertz CT molecular complexity index is 416. The highest BCUT2D eigenvalue weighted by molar-refractivity contribution is 5.84. The van der Waals surface area contributed by atoms with Crippen molar-refractivity contribution in [3.05, 3.63) is 35.4 Å². The summed E-state index contributed by atoms with van der Waals surface area (Å²) >= 11 is 0. The van der Waals surface area contributed by atoms with E-state index in [0.717, 1.165) is 18.2 Å². The summed E-state index contributed by atoms with van der Waals surface area (Å²) in [5.74, 6) is -1.87. The molecule has 1 heterocycles. The maximum atomic E-state index is 12.9. The van der Waals surface area contributed by atoms with Gasteiger partial charge in [-0.15, -0.1) is 0 Å². The molecule has 2 N–H and O–H groups in total. The van der Waals surface area contributed by atoms with E-state index in [2.05, 4.69) is 0 Å². The monoisotopic (exact) mass is 241 g/mol. The van der Waals surface area contributed by atoms with Crippen molar-refractivity contribution in [2.24, 2.45) is 11.7 Å². The van der Waals surface area contributed by atoms with Crippen LogP contribution in [0.3, 0.4) is 0 Å². The molecule has 1 aliphatic heterocycles. The molecule has 1 fully saturated rings. The molecule has 0 aliphatic carbocycles. The van der Waals surface area contributed by atoms with Crippen LogP contribution in [0, 0.1) is 17.6 Å². The highest BCUT2D eigenvalue weighted by Crippen LogP contribution is 2.16. The number of carbonyl (C=O) groups is 1. The summed E-state index contributed by atoms with van der Waals surface area (Å²) in [5, 5.41) is 0. The maximum absolute atomic E-state index is 12.9. The fraction of sp³-hybridized carbons (Fsp3) is 0.417. The number of ketones is 1. The summed E-state index contributed by atoms with van der Waals surface area (Å²) in [7, 11) is 0. The fourth-order valence-corrected chi connectivity index (χ4v) is 1.95. The molecule has 0 aromatic heterocycles. The summed E-state index contributed by atoms with van der Waals surface area (Å²) in [6, 6.07) is 2.77. The Hall–Kier alpha value is -1.33. The molecule has 0 saturated carbocycles. The normalized spacial score (nSPS) is 23.9. The van der Waals surface area contributed by atoms with Crippen LogP contribution in [0.5, 0.6) is 0 Å². The summed E-state index contributed by atoms with van der Waals surface area (Å²) in [5.41, 5.74) is 6.02. The van der Waals surface area contributed by atoms with Crippen molar-refractivity contribution in [2.45, 2.75) is 12.5 Å². The van der Waals surface area contributed by atoms with Gasteiger partial charge in [0, 0.05) is 18.5 Å². The number of ether oxygens (including phenoxy) is 1. The Morgan fingerprint density at radius 1 is 1.29 bits per heavy atom. The summed E-state index contributed by atoms with van der Waals surface area (Å²) in [6.45, 7) is 0.645. The van der Waals surface area contributed by atoms with Gasteiger partial charge in [0.25, 0.3) is 0 Å². The Morgan fingerprint density at radius 2 is 1.94 bits per heavy atom. The number of carbonyl (C=O) groups excluding carboxylic acids is 1. The van der Waals surface area contributed by atoms with E-state index in [1.54, 1.807) is 0 Å². The number of hydrogen-bond donors (Lipinski definition) is 1. The van der Waals surface area contributed by atoms with Crippen molar-refractivity contribution in [1.82, 2.24) is 0 Å². The smallest absolute Gasteiger partial charge is 0.144 e. The molecule has 3 nitrogen and oxygen atoms in total. The van der Waals surface area contributed by atoms with Crippen molar-refractivity contribution in [3.63, 3.8) is 0 Å². The van der Waals surface area contributed by atoms with E-state index in [9.17, 15) is 13.6 Å². The van der Waals surface area contributed by atoms with Crippen LogP contribution in [0.4, 0.5) is 8.78 Å². The Kier molecular flexibility index (Phi) is 3.49. The molecule has 1 aliphatic rings. The largest absolute Gasteiger partial charge is 0.379 e. The molecule has 17 heavy (non-hydrogen) atoms. The molecule has 2 rings (SSSR count). The van der Waals surface area contributed by atoms with Gasteiger partial charge in [-0.3, -0.25) is 4.79 Å². The minimum atomic E-state index is -0.681. The lowest BCUT2D eigenvalue weighted by Gasteiger charge is -2.11. The highest BCUT2D eigenvalue weighted by atomic mass is 19.1. The zero-order chi connectivity index (χ0) is 12.4. The summed E-state index contributed by atoms with van der Waals surface area (Å²) < 4.78 is 30.9. The molecule has 1 aromatic rings. The second-order valence-electron chi connectivity index (χ2n) is 4.23. The van der Waals surface area contributed by atoms with Gasteiger partial charge in [0.1, 0.15) is 17.4 Å². The zero-order valence-electron chi connectivity index (χ0n) is 9.16. The number of hydrogen-bond acceptors (Lipinski definition) is 3. The average Bonchev–Trinajstić information content (AvgIpc) is 2.62. The molecule has 0 amide bonds. The predicted molar refractivity (Wildman–Crippen MR) is 57.4 cm³/mol. The van der Waals surface area contributed by atoms with Gasteiger partial charge in [-0.25, -0.2) is 8.78 Å². The van der Waals surface area contributed by atoms with Gasteiger partial charge in [-0.05, 0) is 17.7 Å². The van der Waals surface area contributed by atoms with Gasteiger partial charge in [-0.2, -0.15) is 0 Å². The zero-order valence-corrected chi connectivity index (χ0v) is 9.16. The first-order valence-corrected chi connectivity index (χ1v) is 5.37. The van der Waals surface area contributed by atoms with Crippen molar-refractivity contribution in [3.8, 4) is 0 Å². The van der Waals surface area contributed by atoms with Gasteiger partial charge in [0.2, 0.25) is 0 Å². The van der Waals surface area contributed by atoms with Crippen LogP contribution in [0.2, 0.25) is 0 Å². The molecule has 0 bridgehead atoms. The van der Waals surface area contributed by atoms with Crippen LogP contribution >= 0.6 is 0 Å². The highest BCUT2D eigenvalue weighted by Gasteiger charge is 2.30. The first-order chi connectivity index (χ1) is 8.06. The second kappa shape index (κ2) is 4.89. The number of Topliss-reactive ketones (excluding diaryl/α,β-unsaturated/α-hetero) is 1. The van der Waals surface area contributed by atoms with Crippen LogP contribution in [0.25, 0.3) is 0 Å².